The van der Waals surface area contributed by atoms with Crippen molar-refractivity contribution < 1.29 is 0 Å². The highest BCUT2D eigenvalue weighted by Gasteiger charge is 2.32. The molecule has 1 aromatic carbocycles. The van der Waals surface area contributed by atoms with Gasteiger partial charge in [0.1, 0.15) is 5.54 Å². The van der Waals surface area contributed by atoms with E-state index in [9.17, 15) is 5.26 Å². The molecule has 1 atom stereocenters. The summed E-state index contributed by atoms with van der Waals surface area (Å²) < 4.78 is 0. The van der Waals surface area contributed by atoms with Crippen LogP contribution in [0.15, 0.2) is 24.3 Å². The summed E-state index contributed by atoms with van der Waals surface area (Å²) in [6.45, 7) is 8.40. The summed E-state index contributed by atoms with van der Waals surface area (Å²) >= 11 is 0. The number of nitriles is 1. The molecule has 1 N–H and O–H groups in total. The number of benzene rings is 1. The summed E-state index contributed by atoms with van der Waals surface area (Å²) in [6.07, 6.45) is 4.39. The Morgan fingerprint density at radius 3 is 2.67 bits per heavy atom. The van der Waals surface area contributed by atoms with Gasteiger partial charge in [-0.25, -0.2) is 0 Å². The average molecular weight is 285 g/mol. The van der Waals surface area contributed by atoms with E-state index >= 15 is 0 Å². The maximum atomic E-state index is 9.42. The molecule has 114 valence electrons. The Morgan fingerprint density at radius 2 is 2.10 bits per heavy atom. The Morgan fingerprint density at radius 1 is 1.38 bits per heavy atom. The van der Waals surface area contributed by atoms with Crippen molar-refractivity contribution in [2.45, 2.75) is 58.0 Å². The number of hydrogen-bond acceptors (Lipinski definition) is 3. The molecule has 0 bridgehead atoms. The van der Waals surface area contributed by atoms with Crippen LogP contribution in [0.25, 0.3) is 0 Å². The lowest BCUT2D eigenvalue weighted by molar-refractivity contribution is 0.404. The Bertz CT molecular complexity index is 501. The van der Waals surface area contributed by atoms with Gasteiger partial charge in [-0.15, -0.1) is 0 Å². The summed E-state index contributed by atoms with van der Waals surface area (Å²) in [5.41, 5.74) is 2.26. The number of para-hydroxylation sites is 1. The highest BCUT2D eigenvalue weighted by atomic mass is 15.1. The molecule has 3 nitrogen and oxygen atoms in total. The number of nitrogens with one attached hydrogen (secondary N) is 1. The first-order valence-corrected chi connectivity index (χ1v) is 8.07. The Hall–Kier alpha value is -1.53. The predicted octanol–water partition coefficient (Wildman–Crippen LogP) is 3.64. The zero-order valence-corrected chi connectivity index (χ0v) is 13.5. The third kappa shape index (κ3) is 4.47. The quantitative estimate of drug-likeness (QED) is 0.792. The highest BCUT2D eigenvalue weighted by Crippen LogP contribution is 2.25. The second-order valence-electron chi connectivity index (χ2n) is 6.33. The van der Waals surface area contributed by atoms with E-state index in [0.717, 1.165) is 25.9 Å². The monoisotopic (exact) mass is 285 g/mol. The summed E-state index contributed by atoms with van der Waals surface area (Å²) in [5.74, 6) is 0. The first-order chi connectivity index (χ1) is 10.1. The molecule has 2 rings (SSSR count). The van der Waals surface area contributed by atoms with Crippen LogP contribution in [0.1, 0.15) is 45.1 Å². The fourth-order valence-electron chi connectivity index (χ4n) is 2.83. The number of hydrogen-bond donors (Lipinski definition) is 1. The van der Waals surface area contributed by atoms with E-state index < -0.39 is 0 Å². The van der Waals surface area contributed by atoms with Crippen molar-refractivity contribution >= 4 is 5.69 Å². The van der Waals surface area contributed by atoms with Crippen LogP contribution >= 0.6 is 0 Å². The van der Waals surface area contributed by atoms with Gasteiger partial charge in [-0.2, -0.15) is 5.26 Å². The van der Waals surface area contributed by atoms with Gasteiger partial charge in [-0.05, 0) is 58.1 Å². The molecule has 1 aliphatic rings. The van der Waals surface area contributed by atoms with E-state index in [1.54, 1.807) is 0 Å². The molecule has 0 heterocycles. The number of nitrogens with zero attached hydrogens (tertiary/aromatic N) is 2. The van der Waals surface area contributed by atoms with Crippen molar-refractivity contribution in [2.75, 3.05) is 18.0 Å². The molecule has 0 spiro atoms. The van der Waals surface area contributed by atoms with Crippen molar-refractivity contribution in [3.8, 4) is 6.07 Å². The first kappa shape index (κ1) is 15.9. The van der Waals surface area contributed by atoms with E-state index in [4.69, 9.17) is 0 Å². The molecule has 1 aliphatic carbocycles. The summed E-state index contributed by atoms with van der Waals surface area (Å²) in [6, 6.07) is 11.6. The fraction of sp³-hybridized carbons (Fsp3) is 0.611. The molecule has 0 amide bonds. The van der Waals surface area contributed by atoms with Gasteiger partial charge in [0.2, 0.25) is 0 Å². The molecule has 1 fully saturated rings. The lowest BCUT2D eigenvalue weighted by Gasteiger charge is -2.28. The van der Waals surface area contributed by atoms with Gasteiger partial charge in [0.25, 0.3) is 0 Å². The van der Waals surface area contributed by atoms with Gasteiger partial charge in [0.15, 0.2) is 0 Å². The van der Waals surface area contributed by atoms with Crippen LogP contribution in [-0.2, 0) is 0 Å². The smallest absolute Gasteiger partial charge is 0.104 e. The van der Waals surface area contributed by atoms with Gasteiger partial charge in [-0.3, -0.25) is 5.32 Å². The topological polar surface area (TPSA) is 39.1 Å². The summed E-state index contributed by atoms with van der Waals surface area (Å²) in [4.78, 5) is 2.41. The largest absolute Gasteiger partial charge is 0.372 e. The summed E-state index contributed by atoms with van der Waals surface area (Å²) in [5, 5.41) is 12.9. The third-order valence-corrected chi connectivity index (χ3v) is 4.29. The second-order valence-corrected chi connectivity index (χ2v) is 6.33. The minimum atomic E-state index is -0.369. The Balaban J connectivity index is 1.88. The van der Waals surface area contributed by atoms with Crippen LogP contribution in [0.3, 0.4) is 0 Å². The van der Waals surface area contributed by atoms with Crippen LogP contribution in [0.5, 0.6) is 0 Å². The molecule has 1 unspecified atom stereocenters. The van der Waals surface area contributed by atoms with Gasteiger partial charge >= 0.3 is 0 Å². The van der Waals surface area contributed by atoms with Crippen LogP contribution in [0.2, 0.25) is 0 Å². The minimum absolute atomic E-state index is 0.369. The van der Waals surface area contributed by atoms with Gasteiger partial charge in [0, 0.05) is 24.8 Å². The van der Waals surface area contributed by atoms with E-state index in [-0.39, 0.29) is 5.54 Å². The Kier molecular flexibility index (Phi) is 5.25. The van der Waals surface area contributed by atoms with Gasteiger partial charge in [-0.1, -0.05) is 18.2 Å². The van der Waals surface area contributed by atoms with E-state index in [0.29, 0.717) is 6.04 Å². The van der Waals surface area contributed by atoms with E-state index in [1.807, 2.05) is 6.92 Å². The van der Waals surface area contributed by atoms with Crippen molar-refractivity contribution in [1.82, 2.24) is 5.32 Å². The highest BCUT2D eigenvalue weighted by molar-refractivity contribution is 5.52. The standard InChI is InChI=1S/C18H27N3/c1-4-21(17-9-6-5-8-15(17)2)13-7-12-18(3,14-19)20-16-10-11-16/h5-6,8-9,16,20H,4,7,10-13H2,1-3H3. The van der Waals surface area contributed by atoms with E-state index in [1.165, 1.54) is 24.1 Å². The molecule has 0 aromatic heterocycles. The van der Waals surface area contributed by atoms with Crippen LogP contribution in [0.4, 0.5) is 5.69 Å². The molecule has 0 aliphatic heterocycles. The van der Waals surface area contributed by atoms with Crippen molar-refractivity contribution in [1.29, 1.82) is 5.26 Å². The first-order valence-electron chi connectivity index (χ1n) is 8.07. The van der Waals surface area contributed by atoms with Gasteiger partial charge in [0.05, 0.1) is 6.07 Å². The second kappa shape index (κ2) is 6.95. The third-order valence-electron chi connectivity index (χ3n) is 4.29. The van der Waals surface area contributed by atoms with Crippen molar-refractivity contribution in [2.24, 2.45) is 0 Å². The SMILES string of the molecule is CCN(CCCC(C)(C#N)NC1CC1)c1ccccc1C. The zero-order valence-electron chi connectivity index (χ0n) is 13.5. The number of rotatable bonds is 8. The Labute approximate surface area is 129 Å². The molecular weight excluding hydrogens is 258 g/mol. The average Bonchev–Trinajstić information content (AvgIpc) is 3.28. The molecule has 1 saturated carbocycles. The molecule has 21 heavy (non-hydrogen) atoms. The van der Waals surface area contributed by atoms with E-state index in [2.05, 4.69) is 54.4 Å². The molecule has 0 saturated heterocycles. The molecule has 0 radical (unpaired) electrons. The number of aryl methyl sites for hydroxylation is 1. The normalized spacial score (nSPS) is 17.0. The fourth-order valence-corrected chi connectivity index (χ4v) is 2.83. The number of anilines is 1. The van der Waals surface area contributed by atoms with Crippen LogP contribution in [-0.4, -0.2) is 24.7 Å². The molecule has 3 heteroatoms. The van der Waals surface area contributed by atoms with Gasteiger partial charge < -0.3 is 4.90 Å². The minimum Gasteiger partial charge on any atom is -0.372 e. The zero-order chi connectivity index (χ0) is 15.3. The maximum absolute atomic E-state index is 9.42. The van der Waals surface area contributed by atoms with Crippen LogP contribution < -0.4 is 10.2 Å². The van der Waals surface area contributed by atoms with Crippen molar-refractivity contribution in [3.63, 3.8) is 0 Å². The molecule has 1 aromatic rings. The maximum Gasteiger partial charge on any atom is 0.104 e. The summed E-state index contributed by atoms with van der Waals surface area (Å²) in [7, 11) is 0. The lowest BCUT2D eigenvalue weighted by atomic mass is 9.97. The predicted molar refractivity (Wildman–Crippen MR) is 88.5 cm³/mol. The molecular formula is C18H27N3. The lowest BCUT2D eigenvalue weighted by Crippen LogP contribution is -2.43. The van der Waals surface area contributed by atoms with Crippen LogP contribution in [0, 0.1) is 18.3 Å². The van der Waals surface area contributed by atoms with Crippen molar-refractivity contribution in [3.05, 3.63) is 29.8 Å².